The molecule has 28 heavy (non-hydrogen) atoms. The zero-order valence-electron chi connectivity index (χ0n) is 15.2. The van der Waals surface area contributed by atoms with E-state index in [1.807, 2.05) is 30.3 Å². The minimum Gasteiger partial charge on any atom is -0.493 e. The highest BCUT2D eigenvalue weighted by Crippen LogP contribution is 2.22. The number of anilines is 1. The van der Waals surface area contributed by atoms with Gasteiger partial charge in [-0.2, -0.15) is 5.10 Å². The van der Waals surface area contributed by atoms with Crippen LogP contribution >= 0.6 is 0 Å². The first-order valence-corrected chi connectivity index (χ1v) is 8.45. The van der Waals surface area contributed by atoms with Crippen molar-refractivity contribution in [3.63, 3.8) is 0 Å². The van der Waals surface area contributed by atoms with Gasteiger partial charge >= 0.3 is 0 Å². The molecule has 0 radical (unpaired) electrons. The second-order valence-corrected chi connectivity index (χ2v) is 5.71. The predicted molar refractivity (Wildman–Crippen MR) is 106 cm³/mol. The van der Waals surface area contributed by atoms with Gasteiger partial charge in [0, 0.05) is 0 Å². The van der Waals surface area contributed by atoms with Crippen LogP contribution in [-0.2, 0) is 0 Å². The van der Waals surface area contributed by atoms with E-state index >= 15 is 0 Å². The number of carbonyl (C=O) groups is 2. The lowest BCUT2D eigenvalue weighted by Crippen LogP contribution is -2.25. The summed E-state index contributed by atoms with van der Waals surface area (Å²) in [5.41, 5.74) is 1.53. The summed E-state index contributed by atoms with van der Waals surface area (Å²) in [4.78, 5) is 25.0. The number of ether oxygens (including phenoxy) is 1. The normalized spacial score (nSPS) is 10.0. The Morgan fingerprint density at radius 2 is 1.82 bits per heavy atom. The lowest BCUT2D eigenvalue weighted by Gasteiger charge is -2.10. The number of methoxy groups -OCH3 is 1. The van der Waals surface area contributed by atoms with E-state index in [2.05, 4.69) is 21.7 Å². The molecule has 2 aromatic carbocycles. The van der Waals surface area contributed by atoms with Gasteiger partial charge in [-0.1, -0.05) is 36.3 Å². The van der Waals surface area contributed by atoms with Gasteiger partial charge in [-0.3, -0.25) is 9.59 Å². The minimum absolute atomic E-state index is 0.0937. The monoisotopic (exact) mass is 374 g/mol. The van der Waals surface area contributed by atoms with Gasteiger partial charge in [-0.05, 0) is 24.3 Å². The minimum atomic E-state index is -0.497. The van der Waals surface area contributed by atoms with Gasteiger partial charge in [0.05, 0.1) is 36.8 Å². The molecule has 0 aliphatic heterocycles. The van der Waals surface area contributed by atoms with Crippen LogP contribution in [0.2, 0.25) is 0 Å². The topological polar surface area (TPSA) is 85.3 Å². The maximum Gasteiger partial charge on any atom is 0.280 e. The lowest BCUT2D eigenvalue weighted by atomic mass is 10.1. The highest BCUT2D eigenvalue weighted by molar-refractivity contribution is 6.09. The summed E-state index contributed by atoms with van der Waals surface area (Å²) < 4.78 is 6.85. The number of hydrogen-bond donors (Lipinski definition) is 2. The van der Waals surface area contributed by atoms with E-state index in [-0.39, 0.29) is 18.1 Å². The standard InChI is InChI=1S/C21H18N4O3/c1-3-13-22-20(26)16-11-7-8-12-17(16)23-21(27)19-18(28-2)14-25(24-19)15-9-5-4-6-10-15/h1,4-12,14H,13H2,2H3,(H,22,26)(H,23,27). The van der Waals surface area contributed by atoms with Crippen molar-refractivity contribution in [2.75, 3.05) is 19.0 Å². The van der Waals surface area contributed by atoms with Crippen LogP contribution in [0.5, 0.6) is 5.75 Å². The predicted octanol–water partition coefficient (Wildman–Crippen LogP) is 2.50. The molecule has 3 rings (SSSR count). The second kappa shape index (κ2) is 8.56. The number of terminal acetylenes is 1. The fraction of sp³-hybridized carbons (Fsp3) is 0.0952. The van der Waals surface area contributed by atoms with Gasteiger partial charge in [0.25, 0.3) is 11.8 Å². The average Bonchev–Trinajstić information content (AvgIpc) is 3.18. The quantitative estimate of drug-likeness (QED) is 0.649. The van der Waals surface area contributed by atoms with Gasteiger partial charge in [0.1, 0.15) is 0 Å². The van der Waals surface area contributed by atoms with Gasteiger partial charge in [0.2, 0.25) is 0 Å². The van der Waals surface area contributed by atoms with Crippen molar-refractivity contribution in [2.24, 2.45) is 0 Å². The van der Waals surface area contributed by atoms with Crippen LogP contribution in [-0.4, -0.2) is 35.2 Å². The zero-order valence-corrected chi connectivity index (χ0v) is 15.2. The van der Waals surface area contributed by atoms with Crippen molar-refractivity contribution in [3.8, 4) is 23.8 Å². The van der Waals surface area contributed by atoms with Crippen molar-refractivity contribution in [3.05, 3.63) is 72.1 Å². The molecule has 1 aromatic heterocycles. The van der Waals surface area contributed by atoms with Gasteiger partial charge < -0.3 is 15.4 Å². The summed E-state index contributed by atoms with van der Waals surface area (Å²) in [7, 11) is 1.46. The molecule has 0 aliphatic carbocycles. The first kappa shape index (κ1) is 18.7. The van der Waals surface area contributed by atoms with Crippen molar-refractivity contribution in [1.29, 1.82) is 0 Å². The van der Waals surface area contributed by atoms with Crippen molar-refractivity contribution >= 4 is 17.5 Å². The molecule has 7 nitrogen and oxygen atoms in total. The number of hydrogen-bond acceptors (Lipinski definition) is 4. The van der Waals surface area contributed by atoms with E-state index in [0.717, 1.165) is 5.69 Å². The van der Waals surface area contributed by atoms with Crippen LogP contribution in [0.25, 0.3) is 5.69 Å². The number of nitrogens with zero attached hydrogens (tertiary/aromatic N) is 2. The Bertz CT molecular complexity index is 1040. The molecule has 140 valence electrons. The number of nitrogens with one attached hydrogen (secondary N) is 2. The van der Waals surface area contributed by atoms with Crippen LogP contribution in [0.1, 0.15) is 20.8 Å². The van der Waals surface area contributed by atoms with E-state index in [9.17, 15) is 9.59 Å². The van der Waals surface area contributed by atoms with E-state index in [1.165, 1.54) is 7.11 Å². The number of rotatable bonds is 6. The van der Waals surface area contributed by atoms with Crippen molar-refractivity contribution in [2.45, 2.75) is 0 Å². The molecule has 1 heterocycles. The molecular formula is C21H18N4O3. The summed E-state index contributed by atoms with van der Waals surface area (Å²) in [5, 5.41) is 9.62. The highest BCUT2D eigenvalue weighted by atomic mass is 16.5. The molecular weight excluding hydrogens is 356 g/mol. The number of aromatic nitrogens is 2. The Balaban J connectivity index is 1.87. The van der Waals surface area contributed by atoms with Crippen LogP contribution in [0.15, 0.2) is 60.8 Å². The molecule has 0 spiro atoms. The highest BCUT2D eigenvalue weighted by Gasteiger charge is 2.20. The molecule has 0 fully saturated rings. The third-order valence-corrected chi connectivity index (χ3v) is 3.91. The number of benzene rings is 2. The summed E-state index contributed by atoms with van der Waals surface area (Å²) in [6, 6.07) is 16.0. The zero-order chi connectivity index (χ0) is 19.9. The maximum atomic E-state index is 12.8. The average molecular weight is 374 g/mol. The van der Waals surface area contributed by atoms with Crippen LogP contribution in [0.3, 0.4) is 0 Å². The molecule has 7 heteroatoms. The van der Waals surface area contributed by atoms with E-state index < -0.39 is 5.91 Å². The molecule has 0 unspecified atom stereocenters. The fourth-order valence-electron chi connectivity index (χ4n) is 2.58. The van der Waals surface area contributed by atoms with E-state index in [1.54, 1.807) is 35.1 Å². The number of amides is 2. The first-order chi connectivity index (χ1) is 13.6. The Labute approximate surface area is 162 Å². The maximum absolute atomic E-state index is 12.8. The molecule has 0 saturated heterocycles. The second-order valence-electron chi connectivity index (χ2n) is 5.71. The third-order valence-electron chi connectivity index (χ3n) is 3.91. The van der Waals surface area contributed by atoms with E-state index in [0.29, 0.717) is 17.0 Å². The Morgan fingerprint density at radius 3 is 2.54 bits per heavy atom. The van der Waals surface area contributed by atoms with Gasteiger partial charge in [0.15, 0.2) is 11.4 Å². The molecule has 2 N–H and O–H groups in total. The van der Waals surface area contributed by atoms with E-state index in [4.69, 9.17) is 11.2 Å². The fourth-order valence-corrected chi connectivity index (χ4v) is 2.58. The smallest absolute Gasteiger partial charge is 0.280 e. The summed E-state index contributed by atoms with van der Waals surface area (Å²) in [6.07, 6.45) is 6.79. The lowest BCUT2D eigenvalue weighted by molar-refractivity contribution is 0.0959. The van der Waals surface area contributed by atoms with Gasteiger partial charge in [-0.15, -0.1) is 6.42 Å². The van der Waals surface area contributed by atoms with Crippen molar-refractivity contribution in [1.82, 2.24) is 15.1 Å². The van der Waals surface area contributed by atoms with Crippen molar-refractivity contribution < 1.29 is 14.3 Å². The Morgan fingerprint density at radius 1 is 1.11 bits per heavy atom. The molecule has 2 amide bonds. The summed E-state index contributed by atoms with van der Waals surface area (Å²) in [5.74, 6) is 1.78. The van der Waals surface area contributed by atoms with Crippen LogP contribution < -0.4 is 15.4 Å². The molecule has 3 aromatic rings. The molecule has 0 bridgehead atoms. The molecule has 0 saturated carbocycles. The Hall–Kier alpha value is -4.05. The Kier molecular flexibility index (Phi) is 5.72. The largest absolute Gasteiger partial charge is 0.493 e. The summed E-state index contributed by atoms with van der Waals surface area (Å²) >= 11 is 0. The SMILES string of the molecule is C#CCNC(=O)c1ccccc1NC(=O)c1nn(-c2ccccc2)cc1OC. The van der Waals surface area contributed by atoms with Crippen LogP contribution in [0, 0.1) is 12.3 Å². The van der Waals surface area contributed by atoms with Gasteiger partial charge in [-0.25, -0.2) is 4.68 Å². The summed E-state index contributed by atoms with van der Waals surface area (Å²) in [6.45, 7) is 0.0937. The molecule has 0 atom stereocenters. The van der Waals surface area contributed by atoms with Crippen LogP contribution in [0.4, 0.5) is 5.69 Å². The number of carbonyl (C=O) groups excluding carboxylic acids is 2. The number of para-hydroxylation sites is 2. The molecule has 0 aliphatic rings. The third kappa shape index (κ3) is 4.02. The first-order valence-electron chi connectivity index (χ1n) is 8.45.